The van der Waals surface area contributed by atoms with Crippen LogP contribution >= 0.6 is 15.8 Å². The van der Waals surface area contributed by atoms with Crippen molar-refractivity contribution in [2.75, 3.05) is 25.1 Å². The molecule has 1 aliphatic rings. The first kappa shape index (κ1) is 23.3. The number of nitrogens with zero attached hydrogens (tertiary/aromatic N) is 4. The van der Waals surface area contributed by atoms with Crippen molar-refractivity contribution in [2.45, 2.75) is 13.1 Å². The minimum absolute atomic E-state index is 0.439. The summed E-state index contributed by atoms with van der Waals surface area (Å²) in [6, 6.07) is 34.5. The topological polar surface area (TPSA) is 32.3 Å². The molecule has 0 atom stereocenters. The Morgan fingerprint density at radius 2 is 0.882 bits per heavy atom. The molecule has 0 aliphatic carbocycles. The third kappa shape index (κ3) is 6.34. The van der Waals surface area contributed by atoms with E-state index in [-0.39, 0.29) is 0 Å². The predicted octanol–water partition coefficient (Wildman–Crippen LogP) is 5.24. The lowest BCUT2D eigenvalue weighted by atomic mass is 10.2. The van der Waals surface area contributed by atoms with E-state index in [1.54, 1.807) is 0 Å². The fourth-order valence-electron chi connectivity index (χ4n) is 4.40. The predicted molar refractivity (Wildman–Crippen MR) is 145 cm³/mol. The molecule has 34 heavy (non-hydrogen) atoms. The molecule has 0 amide bonds. The van der Waals surface area contributed by atoms with Crippen molar-refractivity contribution in [3.05, 3.63) is 121 Å². The van der Waals surface area contributed by atoms with Crippen molar-refractivity contribution in [3.8, 4) is 0 Å². The Hall–Kier alpha value is -2.48. The van der Waals surface area contributed by atoms with Crippen LogP contribution in [-0.2, 0) is 13.1 Å². The largest absolute Gasteiger partial charge is 0.290 e. The van der Waals surface area contributed by atoms with E-state index in [0.29, 0.717) is 0 Å². The Balaban J connectivity index is 1.46. The lowest BCUT2D eigenvalue weighted by molar-refractivity contribution is 0.330. The lowest BCUT2D eigenvalue weighted by Crippen LogP contribution is -2.38. The number of hydrogen-bond acceptors (Lipinski definition) is 4. The Labute approximate surface area is 205 Å². The van der Waals surface area contributed by atoms with Gasteiger partial charge >= 0.3 is 0 Å². The van der Waals surface area contributed by atoms with E-state index in [2.05, 4.69) is 94.7 Å². The van der Waals surface area contributed by atoms with Gasteiger partial charge in [-0.3, -0.25) is 19.8 Å². The molecule has 5 rings (SSSR count). The Kier molecular flexibility index (Phi) is 8.06. The number of aromatic nitrogens is 2. The molecule has 172 valence electrons. The van der Waals surface area contributed by atoms with Crippen LogP contribution in [0.1, 0.15) is 11.1 Å². The van der Waals surface area contributed by atoms with Crippen molar-refractivity contribution in [1.82, 2.24) is 19.8 Å². The Morgan fingerprint density at radius 1 is 0.500 bits per heavy atom. The molecule has 4 nitrogen and oxygen atoms in total. The van der Waals surface area contributed by atoms with Crippen LogP contribution in [0.4, 0.5) is 0 Å². The third-order valence-electron chi connectivity index (χ3n) is 5.93. The zero-order valence-electron chi connectivity index (χ0n) is 19.3. The molecule has 0 bridgehead atoms. The monoisotopic (exact) mass is 484 g/mol. The highest BCUT2D eigenvalue weighted by Crippen LogP contribution is 2.45. The molecule has 4 aromatic rings. The minimum atomic E-state index is -0.439. The van der Waals surface area contributed by atoms with E-state index < -0.39 is 15.8 Å². The lowest BCUT2D eigenvalue weighted by Gasteiger charge is -2.39. The number of hydrogen-bond donors (Lipinski definition) is 0. The van der Waals surface area contributed by atoms with Gasteiger partial charge in [0.15, 0.2) is 0 Å². The summed E-state index contributed by atoms with van der Waals surface area (Å²) in [7, 11) is -0.878. The van der Waals surface area contributed by atoms with Crippen LogP contribution in [0.25, 0.3) is 0 Å². The number of benzene rings is 2. The number of pyridine rings is 2. The fourth-order valence-corrected chi connectivity index (χ4v) is 9.26. The smallest absolute Gasteiger partial charge is 0.0656 e. The van der Waals surface area contributed by atoms with E-state index in [9.17, 15) is 0 Å². The first-order chi connectivity index (χ1) is 16.8. The van der Waals surface area contributed by atoms with Gasteiger partial charge < -0.3 is 0 Å². The van der Waals surface area contributed by atoms with E-state index in [4.69, 9.17) is 9.97 Å². The third-order valence-corrected chi connectivity index (χ3v) is 10.7. The van der Waals surface area contributed by atoms with Crippen LogP contribution < -0.4 is 10.9 Å². The molecule has 2 aromatic heterocycles. The van der Waals surface area contributed by atoms with E-state index in [1.165, 1.54) is 22.0 Å². The first-order valence-electron chi connectivity index (χ1n) is 11.7. The Morgan fingerprint density at radius 3 is 1.24 bits per heavy atom. The van der Waals surface area contributed by atoms with Crippen LogP contribution in [0, 0.1) is 0 Å². The maximum Gasteiger partial charge on any atom is 0.0656 e. The van der Waals surface area contributed by atoms with Crippen molar-refractivity contribution >= 4 is 26.7 Å². The summed E-state index contributed by atoms with van der Waals surface area (Å²) in [4.78, 5) is 14.9. The van der Waals surface area contributed by atoms with Gasteiger partial charge in [0, 0.05) is 50.6 Å². The molecule has 0 N–H and O–H groups in total. The maximum atomic E-state index is 4.80. The Bertz CT molecular complexity index is 1030. The zero-order valence-corrected chi connectivity index (χ0v) is 21.1. The van der Waals surface area contributed by atoms with Crippen molar-refractivity contribution < 1.29 is 0 Å². The normalized spacial score (nSPS) is 19.9. The van der Waals surface area contributed by atoms with Gasteiger partial charge in [0.2, 0.25) is 0 Å². The standard InChI is InChI=1S/C28H30N4P2/c1-3-11-25(12-4-1)19-31-21-33(27-15-7-9-17-29-27)23-32(20-26-13-5-2-6-14-26)24-34(22-31)28-16-8-10-18-30-28/h1-18H,19-24H2. The summed E-state index contributed by atoms with van der Waals surface area (Å²) in [6.07, 6.45) is 8.10. The molecule has 1 aliphatic heterocycles. The average Bonchev–Trinajstić information content (AvgIpc) is 2.89. The highest BCUT2D eigenvalue weighted by molar-refractivity contribution is 7.66. The average molecular weight is 485 g/mol. The van der Waals surface area contributed by atoms with Gasteiger partial charge in [-0.15, -0.1) is 0 Å². The van der Waals surface area contributed by atoms with Crippen LogP contribution in [-0.4, -0.2) is 44.9 Å². The molecule has 6 heteroatoms. The second kappa shape index (κ2) is 11.8. The molecule has 1 fully saturated rings. The molecule has 0 spiro atoms. The number of rotatable bonds is 6. The van der Waals surface area contributed by atoms with Crippen LogP contribution in [0.3, 0.4) is 0 Å². The van der Waals surface area contributed by atoms with Gasteiger partial charge in [0.1, 0.15) is 0 Å². The molecule has 1 saturated heterocycles. The van der Waals surface area contributed by atoms with Gasteiger partial charge in [0.25, 0.3) is 0 Å². The van der Waals surface area contributed by atoms with Crippen LogP contribution in [0.15, 0.2) is 109 Å². The van der Waals surface area contributed by atoms with Crippen LogP contribution in [0.2, 0.25) is 0 Å². The van der Waals surface area contributed by atoms with Gasteiger partial charge in [-0.05, 0) is 51.2 Å². The van der Waals surface area contributed by atoms with Gasteiger partial charge in [-0.1, -0.05) is 72.8 Å². The second-order valence-corrected chi connectivity index (χ2v) is 12.9. The summed E-state index contributed by atoms with van der Waals surface area (Å²) in [5.41, 5.74) is 5.24. The molecule has 2 aromatic carbocycles. The van der Waals surface area contributed by atoms with Crippen molar-refractivity contribution in [3.63, 3.8) is 0 Å². The van der Waals surface area contributed by atoms with Gasteiger partial charge in [-0.25, -0.2) is 0 Å². The van der Waals surface area contributed by atoms with Crippen LogP contribution in [0.5, 0.6) is 0 Å². The van der Waals surface area contributed by atoms with Gasteiger partial charge in [0.05, 0.1) is 10.9 Å². The highest BCUT2D eigenvalue weighted by atomic mass is 31.1. The van der Waals surface area contributed by atoms with Crippen molar-refractivity contribution in [1.29, 1.82) is 0 Å². The van der Waals surface area contributed by atoms with Crippen molar-refractivity contribution in [2.24, 2.45) is 0 Å². The maximum absolute atomic E-state index is 4.80. The summed E-state index contributed by atoms with van der Waals surface area (Å²) in [5.74, 6) is 0. The van der Waals surface area contributed by atoms with E-state index in [0.717, 1.165) is 38.2 Å². The summed E-state index contributed by atoms with van der Waals surface area (Å²) in [5, 5.41) is 0. The summed E-state index contributed by atoms with van der Waals surface area (Å²) >= 11 is 0. The second-order valence-electron chi connectivity index (χ2n) is 8.65. The fraction of sp³-hybridized carbons (Fsp3) is 0.214. The molecule has 0 unspecified atom stereocenters. The quantitative estimate of drug-likeness (QED) is 0.351. The first-order valence-corrected chi connectivity index (χ1v) is 15.1. The molecule has 0 radical (unpaired) electrons. The highest BCUT2D eigenvalue weighted by Gasteiger charge is 2.29. The van der Waals surface area contributed by atoms with Gasteiger partial charge in [-0.2, -0.15) is 0 Å². The van der Waals surface area contributed by atoms with E-state index >= 15 is 0 Å². The molecular formula is C28H30N4P2. The summed E-state index contributed by atoms with van der Waals surface area (Å²) in [6.45, 7) is 1.94. The SMILES string of the molecule is c1ccc(CN2CP(c3ccccn3)CN(Cc3ccccc3)CP(c3ccccn3)C2)cc1. The minimum Gasteiger partial charge on any atom is -0.290 e. The molecule has 3 heterocycles. The van der Waals surface area contributed by atoms with E-state index in [1.807, 2.05) is 24.5 Å². The molecular weight excluding hydrogens is 454 g/mol. The molecule has 0 saturated carbocycles. The zero-order chi connectivity index (χ0) is 23.0. The summed E-state index contributed by atoms with van der Waals surface area (Å²) < 4.78 is 0.